The standard InChI is InChI=1S/C12H14BrClFNO/c1-8(5-6-14)7-16-12(17)11-9(13)3-2-4-10(11)15/h2-4,8H,5-7H2,1H3,(H,16,17). The lowest BCUT2D eigenvalue weighted by molar-refractivity contribution is 0.0943. The zero-order valence-corrected chi connectivity index (χ0v) is 11.8. The summed E-state index contributed by atoms with van der Waals surface area (Å²) >= 11 is 8.76. The average molecular weight is 323 g/mol. The summed E-state index contributed by atoms with van der Waals surface area (Å²) in [5, 5.41) is 2.70. The van der Waals surface area contributed by atoms with Crippen LogP contribution >= 0.6 is 27.5 Å². The van der Waals surface area contributed by atoms with E-state index < -0.39 is 11.7 Å². The molecule has 0 saturated heterocycles. The predicted molar refractivity (Wildman–Crippen MR) is 70.9 cm³/mol. The first-order chi connectivity index (χ1) is 8.06. The van der Waals surface area contributed by atoms with Crippen molar-refractivity contribution < 1.29 is 9.18 Å². The van der Waals surface area contributed by atoms with Crippen molar-refractivity contribution in [1.82, 2.24) is 5.32 Å². The SMILES string of the molecule is CC(CCCl)CNC(=O)c1c(F)cccc1Br. The van der Waals surface area contributed by atoms with E-state index in [1.807, 2.05) is 6.92 Å². The molecule has 1 atom stereocenters. The van der Waals surface area contributed by atoms with Gasteiger partial charge in [0.2, 0.25) is 0 Å². The second-order valence-electron chi connectivity index (χ2n) is 3.89. The van der Waals surface area contributed by atoms with Crippen LogP contribution in [-0.4, -0.2) is 18.3 Å². The summed E-state index contributed by atoms with van der Waals surface area (Å²) in [7, 11) is 0. The molecular formula is C12H14BrClFNO. The smallest absolute Gasteiger partial charge is 0.255 e. The minimum absolute atomic E-state index is 0.0468. The molecule has 1 aromatic rings. The molecular weight excluding hydrogens is 308 g/mol. The van der Waals surface area contributed by atoms with Gasteiger partial charge in [-0.25, -0.2) is 4.39 Å². The van der Waals surface area contributed by atoms with Crippen LogP contribution in [0.4, 0.5) is 4.39 Å². The molecule has 5 heteroatoms. The summed E-state index contributed by atoms with van der Waals surface area (Å²) in [6, 6.07) is 4.45. The van der Waals surface area contributed by atoms with Gasteiger partial charge in [0.15, 0.2) is 0 Å². The van der Waals surface area contributed by atoms with Crippen LogP contribution in [0.25, 0.3) is 0 Å². The van der Waals surface area contributed by atoms with Crippen LogP contribution in [0.1, 0.15) is 23.7 Å². The van der Waals surface area contributed by atoms with Crippen molar-refractivity contribution in [3.63, 3.8) is 0 Å². The minimum Gasteiger partial charge on any atom is -0.352 e. The summed E-state index contributed by atoms with van der Waals surface area (Å²) in [6.45, 7) is 2.48. The summed E-state index contributed by atoms with van der Waals surface area (Å²) < 4.78 is 13.9. The van der Waals surface area contributed by atoms with Gasteiger partial charge in [0, 0.05) is 16.9 Å². The molecule has 2 nitrogen and oxygen atoms in total. The van der Waals surface area contributed by atoms with E-state index in [1.165, 1.54) is 6.07 Å². The van der Waals surface area contributed by atoms with Gasteiger partial charge in [-0.3, -0.25) is 4.79 Å². The molecule has 0 aliphatic rings. The number of nitrogens with one attached hydrogen (secondary N) is 1. The number of benzene rings is 1. The van der Waals surface area contributed by atoms with E-state index in [-0.39, 0.29) is 11.5 Å². The Labute approximate surface area is 114 Å². The Bertz CT molecular complexity index is 380. The lowest BCUT2D eigenvalue weighted by Gasteiger charge is -2.12. The predicted octanol–water partition coefficient (Wildman–Crippen LogP) is 3.58. The van der Waals surface area contributed by atoms with Crippen molar-refractivity contribution in [2.45, 2.75) is 13.3 Å². The molecule has 0 spiro atoms. The maximum absolute atomic E-state index is 13.5. The van der Waals surface area contributed by atoms with Crippen LogP contribution in [0.3, 0.4) is 0 Å². The van der Waals surface area contributed by atoms with Gasteiger partial charge in [-0.05, 0) is 40.4 Å². The van der Waals surface area contributed by atoms with Gasteiger partial charge in [0.25, 0.3) is 5.91 Å². The van der Waals surface area contributed by atoms with Crippen molar-refractivity contribution in [3.05, 3.63) is 34.1 Å². The molecule has 94 valence electrons. The van der Waals surface area contributed by atoms with Gasteiger partial charge in [-0.2, -0.15) is 0 Å². The lowest BCUT2D eigenvalue weighted by Crippen LogP contribution is -2.29. The Balaban J connectivity index is 2.64. The fourth-order valence-corrected chi connectivity index (χ4v) is 2.25. The molecule has 0 heterocycles. The van der Waals surface area contributed by atoms with Crippen molar-refractivity contribution in [3.8, 4) is 0 Å². The maximum Gasteiger partial charge on any atom is 0.255 e. The highest BCUT2D eigenvalue weighted by molar-refractivity contribution is 9.10. The van der Waals surface area contributed by atoms with Crippen LogP contribution in [0.5, 0.6) is 0 Å². The Kier molecular flexibility index (Phi) is 5.92. The summed E-state index contributed by atoms with van der Waals surface area (Å²) in [4.78, 5) is 11.8. The molecule has 1 unspecified atom stereocenters. The number of carbonyl (C=O) groups excluding carboxylic acids is 1. The summed E-state index contributed by atoms with van der Waals surface area (Å²) in [6.07, 6.45) is 0.820. The number of hydrogen-bond acceptors (Lipinski definition) is 1. The van der Waals surface area contributed by atoms with E-state index in [0.29, 0.717) is 16.9 Å². The maximum atomic E-state index is 13.5. The van der Waals surface area contributed by atoms with Gasteiger partial charge >= 0.3 is 0 Å². The van der Waals surface area contributed by atoms with Crippen LogP contribution in [-0.2, 0) is 0 Å². The summed E-state index contributed by atoms with van der Waals surface area (Å²) in [5.41, 5.74) is 0.0468. The van der Waals surface area contributed by atoms with Gasteiger partial charge in [0.05, 0.1) is 5.56 Å². The highest BCUT2D eigenvalue weighted by atomic mass is 79.9. The van der Waals surface area contributed by atoms with Gasteiger partial charge in [-0.15, -0.1) is 11.6 Å². The van der Waals surface area contributed by atoms with E-state index in [9.17, 15) is 9.18 Å². The Morgan fingerprint density at radius 1 is 1.59 bits per heavy atom. The second-order valence-corrected chi connectivity index (χ2v) is 5.12. The first-order valence-electron chi connectivity index (χ1n) is 5.34. The molecule has 0 radical (unpaired) electrons. The fraction of sp³-hybridized carbons (Fsp3) is 0.417. The van der Waals surface area contributed by atoms with Crippen LogP contribution < -0.4 is 5.32 Å². The van der Waals surface area contributed by atoms with Gasteiger partial charge in [0.1, 0.15) is 5.82 Å². The van der Waals surface area contributed by atoms with E-state index in [1.54, 1.807) is 12.1 Å². The van der Waals surface area contributed by atoms with Crippen molar-refractivity contribution in [2.24, 2.45) is 5.92 Å². The molecule has 0 aromatic heterocycles. The highest BCUT2D eigenvalue weighted by Crippen LogP contribution is 2.19. The topological polar surface area (TPSA) is 29.1 Å². The molecule has 1 N–H and O–H groups in total. The highest BCUT2D eigenvalue weighted by Gasteiger charge is 2.15. The summed E-state index contributed by atoms with van der Waals surface area (Å²) in [5.74, 6) is -0.0965. The molecule has 1 rings (SSSR count). The fourth-order valence-electron chi connectivity index (χ4n) is 1.36. The zero-order valence-electron chi connectivity index (χ0n) is 9.47. The molecule has 17 heavy (non-hydrogen) atoms. The largest absolute Gasteiger partial charge is 0.352 e. The van der Waals surface area contributed by atoms with Crippen molar-refractivity contribution in [1.29, 1.82) is 0 Å². The quantitative estimate of drug-likeness (QED) is 0.825. The number of amides is 1. The van der Waals surface area contributed by atoms with Crippen LogP contribution in [0.15, 0.2) is 22.7 Å². The number of halogens is 3. The number of hydrogen-bond donors (Lipinski definition) is 1. The van der Waals surface area contributed by atoms with Crippen molar-refractivity contribution in [2.75, 3.05) is 12.4 Å². The number of carbonyl (C=O) groups is 1. The lowest BCUT2D eigenvalue weighted by atomic mass is 10.1. The Morgan fingerprint density at radius 2 is 2.29 bits per heavy atom. The van der Waals surface area contributed by atoms with E-state index in [2.05, 4.69) is 21.2 Å². The van der Waals surface area contributed by atoms with Crippen molar-refractivity contribution >= 4 is 33.4 Å². The molecule has 0 aliphatic heterocycles. The van der Waals surface area contributed by atoms with E-state index in [4.69, 9.17) is 11.6 Å². The first-order valence-corrected chi connectivity index (χ1v) is 6.67. The monoisotopic (exact) mass is 321 g/mol. The third kappa shape index (κ3) is 4.28. The normalized spacial score (nSPS) is 12.2. The molecule has 0 saturated carbocycles. The first kappa shape index (κ1) is 14.5. The average Bonchev–Trinajstić information content (AvgIpc) is 2.26. The van der Waals surface area contributed by atoms with Gasteiger partial charge in [-0.1, -0.05) is 13.0 Å². The third-order valence-electron chi connectivity index (χ3n) is 2.40. The molecule has 0 aliphatic carbocycles. The molecule has 1 amide bonds. The molecule has 0 bridgehead atoms. The van der Waals surface area contributed by atoms with E-state index >= 15 is 0 Å². The zero-order chi connectivity index (χ0) is 12.8. The Morgan fingerprint density at radius 3 is 2.88 bits per heavy atom. The van der Waals surface area contributed by atoms with Crippen LogP contribution in [0.2, 0.25) is 0 Å². The number of alkyl halides is 1. The third-order valence-corrected chi connectivity index (χ3v) is 3.28. The minimum atomic E-state index is -0.526. The van der Waals surface area contributed by atoms with Crippen LogP contribution in [0, 0.1) is 11.7 Å². The van der Waals surface area contributed by atoms with Gasteiger partial charge < -0.3 is 5.32 Å². The molecule has 0 fully saturated rings. The second kappa shape index (κ2) is 6.97. The Hall–Kier alpha value is -0.610. The molecule has 1 aromatic carbocycles. The number of rotatable bonds is 5. The van der Waals surface area contributed by atoms with E-state index in [0.717, 1.165) is 6.42 Å².